The largest absolute Gasteiger partial charge is 0.437 e. The normalized spacial score (nSPS) is 11.9. The van der Waals surface area contributed by atoms with Crippen LogP contribution in [0.1, 0.15) is 41.2 Å². The Morgan fingerprint density at radius 3 is 2.50 bits per heavy atom. The van der Waals surface area contributed by atoms with E-state index in [2.05, 4.69) is 15.3 Å². The molecule has 0 aliphatic heterocycles. The number of fused-ring (bicyclic) bond motifs is 1. The Labute approximate surface area is 214 Å². The van der Waals surface area contributed by atoms with E-state index in [0.29, 0.717) is 33.8 Å². The van der Waals surface area contributed by atoms with Crippen LogP contribution >= 0.6 is 18.5 Å². The van der Waals surface area contributed by atoms with Gasteiger partial charge in [0, 0.05) is 47.6 Å². The molecule has 10 heteroatoms. The maximum Gasteiger partial charge on any atom is 0.274 e. The van der Waals surface area contributed by atoms with Crippen molar-refractivity contribution in [3.8, 4) is 22.1 Å². The molecule has 0 aliphatic carbocycles. The van der Waals surface area contributed by atoms with Gasteiger partial charge in [-0.25, -0.2) is 4.98 Å². The number of hydrogen-bond donors (Lipinski definition) is 2. The lowest BCUT2D eigenvalue weighted by Crippen LogP contribution is -2.30. The number of carbonyl (C=O) groups excluding carboxylic acids is 1. The van der Waals surface area contributed by atoms with Crippen molar-refractivity contribution in [1.29, 1.82) is 0 Å². The van der Waals surface area contributed by atoms with Crippen molar-refractivity contribution in [3.05, 3.63) is 57.3 Å². The zero-order valence-electron chi connectivity index (χ0n) is 21.8. The fourth-order valence-corrected chi connectivity index (χ4v) is 7.30. The van der Waals surface area contributed by atoms with Crippen molar-refractivity contribution in [2.45, 2.75) is 40.7 Å². The van der Waals surface area contributed by atoms with Gasteiger partial charge in [-0.3, -0.25) is 9.59 Å². The van der Waals surface area contributed by atoms with Gasteiger partial charge in [-0.2, -0.15) is 0 Å². The molecule has 0 spiro atoms. The molecule has 4 heterocycles. The number of nitrogens with zero attached hydrogens (tertiary/aromatic N) is 2. The first kappa shape index (κ1) is 25.9. The topological polar surface area (TPSA) is 106 Å². The summed E-state index contributed by atoms with van der Waals surface area (Å²) < 4.78 is 21.8. The highest BCUT2D eigenvalue weighted by molar-refractivity contribution is 7.76. The van der Waals surface area contributed by atoms with Gasteiger partial charge >= 0.3 is 0 Å². The minimum Gasteiger partial charge on any atom is -0.437 e. The molecule has 1 amide bonds. The summed E-state index contributed by atoms with van der Waals surface area (Å²) in [6.07, 6.45) is 1.73. The molecule has 0 atom stereocenters. The molecule has 2 N–H and O–H groups in total. The van der Waals surface area contributed by atoms with Gasteiger partial charge in [-0.05, 0) is 65.6 Å². The summed E-state index contributed by atoms with van der Waals surface area (Å²) in [5, 5.41) is 3.45. The molecule has 8 nitrogen and oxygen atoms in total. The lowest BCUT2D eigenvalue weighted by atomic mass is 10.1. The van der Waals surface area contributed by atoms with Crippen LogP contribution in [0.25, 0.3) is 21.3 Å². The van der Waals surface area contributed by atoms with Crippen molar-refractivity contribution in [2.75, 3.05) is 13.3 Å². The van der Waals surface area contributed by atoms with Crippen LogP contribution in [0.3, 0.4) is 0 Å². The van der Waals surface area contributed by atoms with E-state index in [0.717, 1.165) is 26.3 Å². The molecule has 0 saturated carbocycles. The highest BCUT2D eigenvalue weighted by Gasteiger charge is 2.28. The van der Waals surface area contributed by atoms with Gasteiger partial charge < -0.3 is 24.2 Å². The number of aromatic amines is 1. The lowest BCUT2D eigenvalue weighted by molar-refractivity contribution is 0.0939. The summed E-state index contributed by atoms with van der Waals surface area (Å²) in [6, 6.07) is 5.45. The molecule has 0 fully saturated rings. The molecular formula is C26H31N4O4PS. The number of nitrogens with one attached hydrogen (secondary N) is 2. The van der Waals surface area contributed by atoms with E-state index in [4.69, 9.17) is 4.74 Å². The summed E-state index contributed by atoms with van der Waals surface area (Å²) in [6.45, 7) is 13.0. The number of pyridine rings is 2. The SMILES string of the molecule is Cc1cc(C)nc(Oc2c(-c3cn(C)c(=O)c4[nH]c(C(=O)NC(C)C)cc34)sc(P(C)(C)=O)c2C)c1. The Balaban J connectivity index is 1.99. The molecule has 190 valence electrons. The maximum absolute atomic E-state index is 13.2. The van der Waals surface area contributed by atoms with Gasteiger partial charge in [-0.1, -0.05) is 0 Å². The third-order valence-electron chi connectivity index (χ3n) is 5.71. The van der Waals surface area contributed by atoms with Crippen LogP contribution < -0.4 is 20.2 Å². The van der Waals surface area contributed by atoms with E-state index >= 15 is 0 Å². The zero-order valence-corrected chi connectivity index (χ0v) is 23.5. The Kier molecular flexibility index (Phi) is 6.75. The van der Waals surface area contributed by atoms with Gasteiger partial charge in [0.2, 0.25) is 5.88 Å². The van der Waals surface area contributed by atoms with Gasteiger partial charge in [0.1, 0.15) is 18.4 Å². The number of amides is 1. The predicted octanol–water partition coefficient (Wildman–Crippen LogP) is 5.09. The Morgan fingerprint density at radius 2 is 1.89 bits per heavy atom. The van der Waals surface area contributed by atoms with E-state index in [9.17, 15) is 14.2 Å². The molecule has 4 rings (SSSR count). The van der Waals surface area contributed by atoms with Crippen LogP contribution in [0.2, 0.25) is 0 Å². The van der Waals surface area contributed by atoms with Crippen molar-refractivity contribution in [1.82, 2.24) is 19.9 Å². The van der Waals surface area contributed by atoms with Gasteiger partial charge in [0.15, 0.2) is 5.75 Å². The van der Waals surface area contributed by atoms with Gasteiger partial charge in [0.05, 0.1) is 9.50 Å². The number of ether oxygens (including phenoxy) is 1. The molecule has 4 aromatic rings. The quantitative estimate of drug-likeness (QED) is 0.340. The summed E-state index contributed by atoms with van der Waals surface area (Å²) in [5.41, 5.74) is 3.70. The number of H-pyrrole nitrogens is 1. The highest BCUT2D eigenvalue weighted by Crippen LogP contribution is 2.49. The summed E-state index contributed by atoms with van der Waals surface area (Å²) in [4.78, 5) is 33.9. The Morgan fingerprint density at radius 1 is 1.19 bits per heavy atom. The zero-order chi connectivity index (χ0) is 26.5. The third-order valence-corrected chi connectivity index (χ3v) is 9.73. The van der Waals surface area contributed by atoms with Crippen LogP contribution in [0.4, 0.5) is 0 Å². The van der Waals surface area contributed by atoms with Gasteiger partial charge in [-0.15, -0.1) is 11.3 Å². The van der Waals surface area contributed by atoms with Crippen LogP contribution in [-0.2, 0) is 11.6 Å². The van der Waals surface area contributed by atoms with Crippen molar-refractivity contribution >= 4 is 39.9 Å². The number of aryl methyl sites for hydroxylation is 3. The van der Waals surface area contributed by atoms with Crippen LogP contribution in [0, 0.1) is 20.8 Å². The summed E-state index contributed by atoms with van der Waals surface area (Å²) in [7, 11) is -0.972. The Bertz CT molecular complexity index is 1590. The summed E-state index contributed by atoms with van der Waals surface area (Å²) >= 11 is 1.39. The minimum absolute atomic E-state index is 0.0535. The molecule has 36 heavy (non-hydrogen) atoms. The average Bonchev–Trinajstić information content (AvgIpc) is 3.32. The van der Waals surface area contributed by atoms with Crippen LogP contribution in [-0.4, -0.2) is 39.8 Å². The lowest BCUT2D eigenvalue weighted by Gasteiger charge is -2.11. The fourth-order valence-electron chi connectivity index (χ4n) is 4.24. The van der Waals surface area contributed by atoms with Crippen molar-refractivity contribution < 1.29 is 14.1 Å². The molecule has 0 saturated heterocycles. The first-order valence-corrected chi connectivity index (χ1v) is 15.0. The standard InChI is InChI=1S/C26H31N4O4PS/c1-13(2)27-24(31)19-11-17-18(12-30(6)25(32)21(17)29-19)23-22(16(5)26(36-23)35(7,8)33)34-20-10-14(3)9-15(4)28-20/h9-13,29H,1-8H3,(H,27,31). The van der Waals surface area contributed by atoms with Crippen LogP contribution in [0.15, 0.2) is 29.2 Å². The molecular weight excluding hydrogens is 495 g/mol. The minimum atomic E-state index is -2.64. The van der Waals surface area contributed by atoms with E-state index in [1.165, 1.54) is 15.9 Å². The second kappa shape index (κ2) is 9.37. The smallest absolute Gasteiger partial charge is 0.274 e. The number of hydrogen-bond acceptors (Lipinski definition) is 6. The number of thiophene rings is 1. The summed E-state index contributed by atoms with van der Waals surface area (Å²) in [5.74, 6) is 0.695. The molecule has 0 radical (unpaired) electrons. The third kappa shape index (κ3) is 4.90. The van der Waals surface area contributed by atoms with E-state index < -0.39 is 7.14 Å². The molecule has 0 aliphatic rings. The first-order chi connectivity index (χ1) is 16.8. The highest BCUT2D eigenvalue weighted by atomic mass is 32.1. The van der Waals surface area contributed by atoms with Crippen molar-refractivity contribution in [2.24, 2.45) is 7.05 Å². The monoisotopic (exact) mass is 526 g/mol. The second-order valence-electron chi connectivity index (χ2n) is 9.83. The number of carbonyl (C=O) groups is 1. The van der Waals surface area contributed by atoms with E-state index in [1.807, 2.05) is 46.8 Å². The predicted molar refractivity (Wildman–Crippen MR) is 147 cm³/mol. The van der Waals surface area contributed by atoms with E-state index in [1.54, 1.807) is 32.6 Å². The van der Waals surface area contributed by atoms with Crippen LogP contribution in [0.5, 0.6) is 11.6 Å². The maximum atomic E-state index is 13.2. The molecule has 0 aromatic carbocycles. The Hall–Kier alpha value is -3.16. The molecule has 4 aromatic heterocycles. The van der Waals surface area contributed by atoms with Crippen molar-refractivity contribution in [3.63, 3.8) is 0 Å². The number of aromatic nitrogens is 3. The first-order valence-electron chi connectivity index (χ1n) is 11.6. The second-order valence-corrected chi connectivity index (χ2v) is 14.3. The average molecular weight is 527 g/mol. The molecule has 0 bridgehead atoms. The van der Waals surface area contributed by atoms with Gasteiger partial charge in [0.25, 0.3) is 11.5 Å². The molecule has 0 unspecified atom stereocenters. The fraction of sp³-hybridized carbons (Fsp3) is 0.346. The van der Waals surface area contributed by atoms with E-state index in [-0.39, 0.29) is 17.5 Å². The number of rotatable bonds is 6.